The zero-order valence-electron chi connectivity index (χ0n) is 19.0. The monoisotopic (exact) mass is 445 g/mol. The Morgan fingerprint density at radius 3 is 2.15 bits per heavy atom. The van der Waals surface area contributed by atoms with Gasteiger partial charge in [0.2, 0.25) is 29.0 Å². The molecule has 2 aromatic rings. The van der Waals surface area contributed by atoms with Gasteiger partial charge in [0.25, 0.3) is 0 Å². The van der Waals surface area contributed by atoms with Gasteiger partial charge in [-0.2, -0.15) is 0 Å². The first-order valence-corrected chi connectivity index (χ1v) is 10.6. The Bertz CT molecular complexity index is 1120. The van der Waals surface area contributed by atoms with Crippen LogP contribution >= 0.6 is 0 Å². The summed E-state index contributed by atoms with van der Waals surface area (Å²) < 4.78 is 10.2. The minimum atomic E-state index is -0.346. The Morgan fingerprint density at radius 2 is 1.52 bits per heavy atom. The second-order valence-corrected chi connectivity index (χ2v) is 7.61. The number of benzene rings is 2. The van der Waals surface area contributed by atoms with Crippen LogP contribution in [0.2, 0.25) is 0 Å². The molecule has 0 aliphatic heterocycles. The predicted molar refractivity (Wildman–Crippen MR) is 126 cm³/mol. The number of hydrogen-bond donors (Lipinski definition) is 1. The molecule has 1 aliphatic carbocycles. The minimum absolute atomic E-state index is 0.0636. The molecule has 1 amide bonds. The Balaban J connectivity index is 1.59. The molecule has 3 rings (SSSR count). The van der Waals surface area contributed by atoms with Crippen LogP contribution in [0.3, 0.4) is 0 Å². The SMILES string of the molecule is COC1=C(OC)C(=O)C(Cc2ccc(/C=C/C(=O)NCCc3ccccc3)cc2)=C(C)C1=O. The molecule has 6 heteroatoms. The fourth-order valence-electron chi connectivity index (χ4n) is 3.56. The summed E-state index contributed by atoms with van der Waals surface area (Å²) in [7, 11) is 2.68. The number of allylic oxidation sites excluding steroid dienone is 2. The molecule has 1 N–H and O–H groups in total. The average molecular weight is 446 g/mol. The number of methoxy groups -OCH3 is 2. The van der Waals surface area contributed by atoms with Crippen molar-refractivity contribution in [1.82, 2.24) is 5.32 Å². The lowest BCUT2D eigenvalue weighted by molar-refractivity contribution is -0.121. The first-order chi connectivity index (χ1) is 15.9. The molecule has 0 atom stereocenters. The number of rotatable bonds is 9. The van der Waals surface area contributed by atoms with Gasteiger partial charge >= 0.3 is 0 Å². The lowest BCUT2D eigenvalue weighted by Crippen LogP contribution is -2.26. The number of nitrogens with one attached hydrogen (secondary N) is 1. The average Bonchev–Trinajstić information content (AvgIpc) is 2.84. The van der Waals surface area contributed by atoms with Crippen LogP contribution in [-0.4, -0.2) is 38.2 Å². The van der Waals surface area contributed by atoms with Crippen molar-refractivity contribution < 1.29 is 23.9 Å². The molecule has 2 aromatic carbocycles. The molecule has 0 aromatic heterocycles. The summed E-state index contributed by atoms with van der Waals surface area (Å²) in [4.78, 5) is 37.3. The highest BCUT2D eigenvalue weighted by molar-refractivity contribution is 6.23. The summed E-state index contributed by atoms with van der Waals surface area (Å²) >= 11 is 0. The summed E-state index contributed by atoms with van der Waals surface area (Å²) in [5.41, 5.74) is 3.64. The highest BCUT2D eigenvalue weighted by atomic mass is 16.5. The number of Topliss-reactive ketones (excluding diaryl/α,β-unsaturated/α-hetero) is 2. The molecule has 0 radical (unpaired) electrons. The van der Waals surface area contributed by atoms with Crippen LogP contribution in [-0.2, 0) is 36.7 Å². The van der Waals surface area contributed by atoms with Gasteiger partial charge in [0.15, 0.2) is 0 Å². The zero-order chi connectivity index (χ0) is 23.8. The molecule has 0 saturated heterocycles. The van der Waals surface area contributed by atoms with E-state index in [-0.39, 0.29) is 29.0 Å². The Labute approximate surface area is 193 Å². The van der Waals surface area contributed by atoms with Gasteiger partial charge in [0.1, 0.15) is 0 Å². The van der Waals surface area contributed by atoms with Gasteiger partial charge in [0, 0.05) is 30.2 Å². The summed E-state index contributed by atoms with van der Waals surface area (Å²) in [6.07, 6.45) is 4.30. The van der Waals surface area contributed by atoms with Crippen molar-refractivity contribution in [3.63, 3.8) is 0 Å². The molecular formula is C27H27NO5. The smallest absolute Gasteiger partial charge is 0.244 e. The van der Waals surface area contributed by atoms with Crippen molar-refractivity contribution in [1.29, 1.82) is 0 Å². The number of amides is 1. The highest BCUT2D eigenvalue weighted by Gasteiger charge is 2.34. The fourth-order valence-corrected chi connectivity index (χ4v) is 3.56. The standard InChI is InChI=1S/C27H27NO5/c1-18-22(25(31)27(33-3)26(32-2)24(18)30)17-21-11-9-20(10-12-21)13-14-23(29)28-16-15-19-7-5-4-6-8-19/h4-14H,15-17H2,1-3H3,(H,28,29)/b14-13+. The van der Waals surface area contributed by atoms with Gasteiger partial charge in [0.05, 0.1) is 14.2 Å². The quantitative estimate of drug-likeness (QED) is 0.471. The van der Waals surface area contributed by atoms with Gasteiger partial charge in [-0.05, 0) is 36.1 Å². The first-order valence-electron chi connectivity index (χ1n) is 10.6. The topological polar surface area (TPSA) is 81.7 Å². The van der Waals surface area contributed by atoms with Crippen LogP contribution in [0.5, 0.6) is 0 Å². The summed E-state index contributed by atoms with van der Waals surface area (Å²) in [6.45, 7) is 2.19. The Kier molecular flexibility index (Phi) is 7.97. The first kappa shape index (κ1) is 23.7. The second-order valence-electron chi connectivity index (χ2n) is 7.61. The van der Waals surface area contributed by atoms with E-state index in [0.29, 0.717) is 24.1 Å². The maximum Gasteiger partial charge on any atom is 0.244 e. The molecule has 0 fully saturated rings. The van der Waals surface area contributed by atoms with Crippen molar-refractivity contribution in [2.75, 3.05) is 20.8 Å². The van der Waals surface area contributed by atoms with Crippen LogP contribution < -0.4 is 5.32 Å². The normalized spacial score (nSPS) is 14.2. The zero-order valence-corrected chi connectivity index (χ0v) is 19.0. The van der Waals surface area contributed by atoms with E-state index < -0.39 is 0 Å². The predicted octanol–water partition coefficient (Wildman–Crippen LogP) is 3.57. The largest absolute Gasteiger partial charge is 0.489 e. The van der Waals surface area contributed by atoms with Gasteiger partial charge < -0.3 is 14.8 Å². The molecule has 6 nitrogen and oxygen atoms in total. The number of ketones is 2. The third kappa shape index (κ3) is 5.86. The van der Waals surface area contributed by atoms with E-state index in [9.17, 15) is 14.4 Å². The van der Waals surface area contributed by atoms with E-state index in [2.05, 4.69) is 5.32 Å². The van der Waals surface area contributed by atoms with Crippen LogP contribution in [0, 0.1) is 0 Å². The van der Waals surface area contributed by atoms with E-state index in [1.807, 2.05) is 54.6 Å². The van der Waals surface area contributed by atoms with Gasteiger partial charge in [-0.25, -0.2) is 0 Å². The van der Waals surface area contributed by atoms with E-state index in [0.717, 1.165) is 17.5 Å². The van der Waals surface area contributed by atoms with Crippen molar-refractivity contribution in [2.24, 2.45) is 0 Å². The molecule has 170 valence electrons. The number of carbonyl (C=O) groups excluding carboxylic acids is 3. The number of hydrogen-bond acceptors (Lipinski definition) is 5. The molecule has 0 bridgehead atoms. The van der Waals surface area contributed by atoms with Crippen LogP contribution in [0.15, 0.2) is 83.3 Å². The van der Waals surface area contributed by atoms with Crippen molar-refractivity contribution >= 4 is 23.5 Å². The van der Waals surface area contributed by atoms with Crippen molar-refractivity contribution in [3.8, 4) is 0 Å². The molecule has 0 unspecified atom stereocenters. The molecule has 0 saturated carbocycles. The van der Waals surface area contributed by atoms with Gasteiger partial charge in [-0.15, -0.1) is 0 Å². The molecule has 1 aliphatic rings. The summed E-state index contributed by atoms with van der Waals surface area (Å²) in [5, 5.41) is 2.87. The van der Waals surface area contributed by atoms with Gasteiger partial charge in [-0.3, -0.25) is 14.4 Å². The highest BCUT2D eigenvalue weighted by Crippen LogP contribution is 2.28. The molecule has 0 spiro atoms. The second kappa shape index (κ2) is 11.1. The number of ether oxygens (including phenoxy) is 2. The third-order valence-corrected chi connectivity index (χ3v) is 5.44. The van der Waals surface area contributed by atoms with Crippen LogP contribution in [0.1, 0.15) is 23.6 Å². The van der Waals surface area contributed by atoms with E-state index in [1.165, 1.54) is 25.9 Å². The van der Waals surface area contributed by atoms with Crippen molar-refractivity contribution in [2.45, 2.75) is 19.8 Å². The van der Waals surface area contributed by atoms with Crippen LogP contribution in [0.25, 0.3) is 6.08 Å². The molecule has 33 heavy (non-hydrogen) atoms. The Hall–Kier alpha value is -3.93. The summed E-state index contributed by atoms with van der Waals surface area (Å²) in [6, 6.07) is 17.4. The van der Waals surface area contributed by atoms with E-state index >= 15 is 0 Å². The maximum atomic E-state index is 12.8. The molecule has 0 heterocycles. The lowest BCUT2D eigenvalue weighted by Gasteiger charge is -2.20. The fraction of sp³-hybridized carbons (Fsp3) is 0.222. The Morgan fingerprint density at radius 1 is 0.879 bits per heavy atom. The van der Waals surface area contributed by atoms with Gasteiger partial charge in [-0.1, -0.05) is 54.6 Å². The summed E-state index contributed by atoms with van der Waals surface area (Å²) in [5.74, 6) is -0.980. The number of carbonyl (C=O) groups is 3. The minimum Gasteiger partial charge on any atom is -0.489 e. The van der Waals surface area contributed by atoms with E-state index in [1.54, 1.807) is 13.0 Å². The van der Waals surface area contributed by atoms with E-state index in [4.69, 9.17) is 9.47 Å². The third-order valence-electron chi connectivity index (χ3n) is 5.44. The maximum absolute atomic E-state index is 12.8. The van der Waals surface area contributed by atoms with Crippen LogP contribution in [0.4, 0.5) is 0 Å². The lowest BCUT2D eigenvalue weighted by atomic mass is 9.89. The van der Waals surface area contributed by atoms with Crippen molar-refractivity contribution in [3.05, 3.63) is 100 Å². The molecular weight excluding hydrogens is 418 g/mol.